The predicted octanol–water partition coefficient (Wildman–Crippen LogP) is 4.00. The topological polar surface area (TPSA) is 35.5 Å². The van der Waals surface area contributed by atoms with Crippen LogP contribution >= 0.6 is 12.4 Å². The number of hydrogen-bond donors (Lipinski definition) is 2. The van der Waals surface area contributed by atoms with Gasteiger partial charge in [0, 0.05) is 44.4 Å². The Balaban J connectivity index is 0.00000364. The lowest BCUT2D eigenvalue weighted by molar-refractivity contribution is -0.144. The Morgan fingerprint density at radius 3 is 2.11 bits per heavy atom. The minimum atomic E-state index is -5.14. The molecule has 1 aliphatic heterocycles. The summed E-state index contributed by atoms with van der Waals surface area (Å²) >= 11 is 0. The van der Waals surface area contributed by atoms with Crippen LogP contribution in [-0.2, 0) is 12.4 Å². The number of halogens is 8. The minimum Gasteiger partial charge on any atom is -0.396 e. The van der Waals surface area contributed by atoms with E-state index in [4.69, 9.17) is 5.11 Å². The fraction of sp³-hybridized carbons (Fsp3) is 0.625. The maximum atomic E-state index is 14.5. The van der Waals surface area contributed by atoms with E-state index in [-0.39, 0.29) is 44.0 Å². The highest BCUT2D eigenvalue weighted by atomic mass is 35.5. The van der Waals surface area contributed by atoms with Crippen LogP contribution in [0.3, 0.4) is 0 Å². The highest BCUT2D eigenvalue weighted by molar-refractivity contribution is 5.85. The number of piperazine rings is 1. The normalized spacial score (nSPS) is 17.5. The zero-order valence-corrected chi connectivity index (χ0v) is 14.9. The van der Waals surface area contributed by atoms with Crippen LogP contribution in [0.5, 0.6) is 0 Å². The van der Waals surface area contributed by atoms with Crippen molar-refractivity contribution in [3.63, 3.8) is 0 Å². The van der Waals surface area contributed by atoms with E-state index in [2.05, 4.69) is 5.32 Å². The van der Waals surface area contributed by atoms with E-state index in [1.807, 2.05) is 0 Å². The first kappa shape index (κ1) is 23.9. The largest absolute Gasteiger partial charge is 0.416 e. The van der Waals surface area contributed by atoms with Crippen LogP contribution in [0.15, 0.2) is 12.1 Å². The summed E-state index contributed by atoms with van der Waals surface area (Å²) in [6, 6.07) is -0.992. The molecule has 0 radical (unpaired) electrons. The van der Waals surface area contributed by atoms with Crippen molar-refractivity contribution in [2.24, 2.45) is 0 Å². The van der Waals surface area contributed by atoms with Gasteiger partial charge in [-0.1, -0.05) is 0 Å². The monoisotopic (exact) mass is 424 g/mol. The van der Waals surface area contributed by atoms with Crippen molar-refractivity contribution in [1.29, 1.82) is 0 Å². The highest BCUT2D eigenvalue weighted by Gasteiger charge is 2.42. The van der Waals surface area contributed by atoms with Gasteiger partial charge < -0.3 is 10.4 Å². The second kappa shape index (κ2) is 9.40. The number of benzene rings is 1. The molecule has 0 aromatic heterocycles. The van der Waals surface area contributed by atoms with Gasteiger partial charge in [0.1, 0.15) is 5.82 Å². The Kier molecular flexibility index (Phi) is 8.33. The van der Waals surface area contributed by atoms with Crippen LogP contribution in [0.4, 0.5) is 30.7 Å². The lowest BCUT2D eigenvalue weighted by Crippen LogP contribution is -2.45. The Hall–Kier alpha value is -1.10. The first-order chi connectivity index (χ1) is 12.1. The molecule has 1 aliphatic rings. The zero-order valence-electron chi connectivity index (χ0n) is 14.1. The summed E-state index contributed by atoms with van der Waals surface area (Å²) in [4.78, 5) is 1.60. The Morgan fingerprint density at radius 1 is 1.04 bits per heavy atom. The fourth-order valence-electron chi connectivity index (χ4n) is 3.14. The molecule has 11 heteroatoms. The number of rotatable bonds is 5. The molecule has 0 aliphatic carbocycles. The van der Waals surface area contributed by atoms with Gasteiger partial charge in [0.2, 0.25) is 0 Å². The zero-order chi connectivity index (χ0) is 19.5. The van der Waals surface area contributed by atoms with Gasteiger partial charge in [0.15, 0.2) is 0 Å². The molecule has 1 atom stereocenters. The van der Waals surface area contributed by atoms with Crippen LogP contribution in [0.1, 0.15) is 35.6 Å². The number of aliphatic hydroxyl groups is 1. The molecule has 0 amide bonds. The summed E-state index contributed by atoms with van der Waals surface area (Å²) in [6.45, 7) is 1.28. The first-order valence-corrected chi connectivity index (χ1v) is 8.09. The molecule has 1 fully saturated rings. The maximum Gasteiger partial charge on any atom is 0.416 e. The first-order valence-electron chi connectivity index (χ1n) is 8.09. The van der Waals surface area contributed by atoms with Gasteiger partial charge in [0.25, 0.3) is 0 Å². The second-order valence-corrected chi connectivity index (χ2v) is 6.08. The second-order valence-electron chi connectivity index (χ2n) is 6.08. The molecular weight excluding hydrogens is 405 g/mol. The molecule has 2 N–H and O–H groups in total. The number of alkyl halides is 6. The Labute approximate surface area is 157 Å². The van der Waals surface area contributed by atoms with E-state index < -0.39 is 40.9 Å². The van der Waals surface area contributed by atoms with Gasteiger partial charge in [-0.2, -0.15) is 26.3 Å². The molecule has 156 valence electrons. The van der Waals surface area contributed by atoms with Crippen molar-refractivity contribution in [2.75, 3.05) is 32.8 Å². The highest BCUT2D eigenvalue weighted by Crippen LogP contribution is 2.42. The van der Waals surface area contributed by atoms with E-state index in [0.29, 0.717) is 26.2 Å². The third-order valence-electron chi connectivity index (χ3n) is 4.32. The van der Waals surface area contributed by atoms with Crippen LogP contribution in [0, 0.1) is 5.82 Å². The third kappa shape index (κ3) is 5.94. The summed E-state index contributed by atoms with van der Waals surface area (Å²) < 4.78 is 93.3. The number of hydrogen-bond acceptors (Lipinski definition) is 3. The van der Waals surface area contributed by atoms with Gasteiger partial charge in [-0.15, -0.1) is 12.4 Å². The Morgan fingerprint density at radius 2 is 1.63 bits per heavy atom. The van der Waals surface area contributed by atoms with E-state index in [1.165, 1.54) is 0 Å². The molecule has 27 heavy (non-hydrogen) atoms. The smallest absolute Gasteiger partial charge is 0.396 e. The molecule has 1 aromatic rings. The molecular formula is C16H20ClF7N2O. The van der Waals surface area contributed by atoms with Crippen molar-refractivity contribution < 1.29 is 35.8 Å². The summed E-state index contributed by atoms with van der Waals surface area (Å²) in [5.74, 6) is -1.53. The lowest BCUT2D eigenvalue weighted by atomic mass is 9.92. The molecule has 1 heterocycles. The quantitative estimate of drug-likeness (QED) is 0.701. The van der Waals surface area contributed by atoms with Crippen molar-refractivity contribution >= 4 is 12.4 Å². The lowest BCUT2D eigenvalue weighted by Gasteiger charge is -2.36. The van der Waals surface area contributed by atoms with E-state index >= 15 is 0 Å². The summed E-state index contributed by atoms with van der Waals surface area (Å²) in [6.07, 6.45) is -10.1. The van der Waals surface area contributed by atoms with Crippen LogP contribution in [-0.4, -0.2) is 42.8 Å². The fourth-order valence-corrected chi connectivity index (χ4v) is 3.14. The van der Waals surface area contributed by atoms with Crippen molar-refractivity contribution in [1.82, 2.24) is 10.2 Å². The van der Waals surface area contributed by atoms with Crippen molar-refractivity contribution in [3.8, 4) is 0 Å². The molecule has 3 nitrogen and oxygen atoms in total. The number of nitrogens with zero attached hydrogens (tertiary/aromatic N) is 1. The molecule has 0 spiro atoms. The summed E-state index contributed by atoms with van der Waals surface area (Å²) in [7, 11) is 0. The van der Waals surface area contributed by atoms with Gasteiger partial charge in [-0.3, -0.25) is 4.90 Å². The number of aliphatic hydroxyl groups excluding tert-OH is 1. The summed E-state index contributed by atoms with van der Waals surface area (Å²) in [5.41, 5.74) is -4.08. The minimum absolute atomic E-state index is 0. The van der Waals surface area contributed by atoms with Crippen LogP contribution in [0.25, 0.3) is 0 Å². The predicted molar refractivity (Wildman–Crippen MR) is 87.2 cm³/mol. The molecule has 0 unspecified atom stereocenters. The molecule has 0 bridgehead atoms. The van der Waals surface area contributed by atoms with E-state index in [1.54, 1.807) is 4.90 Å². The molecule has 1 saturated heterocycles. The van der Waals surface area contributed by atoms with Gasteiger partial charge >= 0.3 is 12.4 Å². The maximum absolute atomic E-state index is 14.5. The van der Waals surface area contributed by atoms with Crippen LogP contribution < -0.4 is 5.32 Å². The van der Waals surface area contributed by atoms with Crippen molar-refractivity contribution in [2.45, 2.75) is 31.2 Å². The van der Waals surface area contributed by atoms with Crippen molar-refractivity contribution in [3.05, 3.63) is 34.6 Å². The number of nitrogens with one attached hydrogen (secondary N) is 1. The van der Waals surface area contributed by atoms with E-state index in [9.17, 15) is 30.7 Å². The Bertz CT molecular complexity index is 616. The van der Waals surface area contributed by atoms with Gasteiger partial charge in [0.05, 0.1) is 11.1 Å². The SMILES string of the molecule is Cl.OCCC[C@H](c1c(F)cc(C(F)(F)F)cc1C(F)(F)F)N1CCNCC1. The van der Waals surface area contributed by atoms with Gasteiger partial charge in [-0.25, -0.2) is 4.39 Å². The molecule has 1 aromatic carbocycles. The standard InChI is InChI=1S/C16H19F7N2O.ClH/c17-12-9-10(15(18,19)20)8-11(16(21,22)23)14(12)13(2-1-7-26)25-5-3-24-4-6-25;/h8-9,13,24,26H,1-7H2;1H/t13-;/m1./s1. The molecule has 2 rings (SSSR count). The van der Waals surface area contributed by atoms with Gasteiger partial charge in [-0.05, 0) is 25.0 Å². The molecule has 0 saturated carbocycles. The summed E-state index contributed by atoms with van der Waals surface area (Å²) in [5, 5.41) is 12.0. The average molecular weight is 425 g/mol. The average Bonchev–Trinajstić information content (AvgIpc) is 2.55. The third-order valence-corrected chi connectivity index (χ3v) is 4.32. The van der Waals surface area contributed by atoms with Crippen LogP contribution in [0.2, 0.25) is 0 Å². The van der Waals surface area contributed by atoms with E-state index in [0.717, 1.165) is 0 Å².